The number of rotatable bonds is 18. The van der Waals surface area contributed by atoms with E-state index >= 15 is 0 Å². The van der Waals surface area contributed by atoms with Crippen molar-refractivity contribution in [2.75, 3.05) is 26.2 Å². The highest BCUT2D eigenvalue weighted by atomic mass is 16.4. The standard InChI is InChI=1S/C38H52N10O7/c1-24(2)21-29(34(51)42-23-33(50)48-20-8-13-31(48)35(52)43-28(37(54)55)11-6-18-41-38(39)40)44-36(53)30-12-7-19-47(30)32(49)22-25-14-16-27(17-15-25)46-45-26-9-4-3-5-10-26/h3-5,9-10,14-17,24,28-31H,6-8,11-13,18-23H2,1-2H3,(H,42,51)(H,43,52)(H,44,53)(H,54,55)(H4,39,40,41)/t28-,29+,30+,31+/m1/s1. The summed E-state index contributed by atoms with van der Waals surface area (Å²) in [7, 11) is 0. The first kappa shape index (κ1) is 41.9. The van der Waals surface area contributed by atoms with E-state index in [4.69, 9.17) is 11.5 Å². The van der Waals surface area contributed by atoms with Gasteiger partial charge in [-0.05, 0) is 80.7 Å². The second-order valence-corrected chi connectivity index (χ2v) is 14.1. The molecule has 0 bridgehead atoms. The summed E-state index contributed by atoms with van der Waals surface area (Å²) in [4.78, 5) is 85.2. The molecule has 0 aliphatic carbocycles. The van der Waals surface area contributed by atoms with Crippen LogP contribution in [0, 0.1) is 5.92 Å². The van der Waals surface area contributed by atoms with Gasteiger partial charge in [0, 0.05) is 19.6 Å². The molecule has 8 N–H and O–H groups in total. The van der Waals surface area contributed by atoms with Crippen molar-refractivity contribution in [1.82, 2.24) is 25.8 Å². The minimum absolute atomic E-state index is 0.0107. The molecule has 2 saturated heterocycles. The van der Waals surface area contributed by atoms with Crippen molar-refractivity contribution < 1.29 is 33.9 Å². The van der Waals surface area contributed by atoms with E-state index in [9.17, 15) is 33.9 Å². The molecule has 2 heterocycles. The Kier molecular flexibility index (Phi) is 15.6. The molecule has 17 heteroatoms. The first-order chi connectivity index (χ1) is 26.3. The average Bonchev–Trinajstić information content (AvgIpc) is 3.86. The number of carboxylic acids is 1. The van der Waals surface area contributed by atoms with Crippen LogP contribution in [0.2, 0.25) is 0 Å². The Hall–Kier alpha value is -5.87. The lowest BCUT2D eigenvalue weighted by Gasteiger charge is -2.28. The van der Waals surface area contributed by atoms with E-state index in [1.807, 2.05) is 44.2 Å². The Balaban J connectivity index is 1.30. The summed E-state index contributed by atoms with van der Waals surface area (Å²) in [6, 6.07) is 12.7. The van der Waals surface area contributed by atoms with Crippen molar-refractivity contribution in [3.8, 4) is 0 Å². The number of carbonyl (C=O) groups is 6. The normalized spacial score (nSPS) is 17.8. The lowest BCUT2D eigenvalue weighted by Crippen LogP contribution is -2.55. The third-order valence-corrected chi connectivity index (χ3v) is 9.39. The number of nitrogens with two attached hydrogens (primary N) is 2. The molecule has 4 rings (SSSR count). The van der Waals surface area contributed by atoms with E-state index in [1.54, 1.807) is 29.2 Å². The zero-order chi connectivity index (χ0) is 39.9. The van der Waals surface area contributed by atoms with E-state index < -0.39 is 60.3 Å². The summed E-state index contributed by atoms with van der Waals surface area (Å²) in [5, 5.41) is 26.0. The highest BCUT2D eigenvalue weighted by Gasteiger charge is 2.38. The number of hydrogen-bond donors (Lipinski definition) is 6. The molecule has 17 nitrogen and oxygen atoms in total. The number of guanidine groups is 1. The quantitative estimate of drug-likeness (QED) is 0.0561. The largest absolute Gasteiger partial charge is 0.480 e. The van der Waals surface area contributed by atoms with Crippen molar-refractivity contribution in [1.29, 1.82) is 0 Å². The summed E-state index contributed by atoms with van der Waals surface area (Å²) < 4.78 is 0. The highest BCUT2D eigenvalue weighted by Crippen LogP contribution is 2.22. The van der Waals surface area contributed by atoms with Gasteiger partial charge in [0.25, 0.3) is 0 Å². The zero-order valence-electron chi connectivity index (χ0n) is 31.4. The minimum atomic E-state index is -1.22. The molecule has 0 aromatic heterocycles. The predicted octanol–water partition coefficient (Wildman–Crippen LogP) is 1.90. The Bertz CT molecular complexity index is 1710. The van der Waals surface area contributed by atoms with Crippen molar-refractivity contribution in [3.05, 3.63) is 60.2 Å². The zero-order valence-corrected chi connectivity index (χ0v) is 31.4. The number of aliphatic imine (C=N–C) groups is 1. The van der Waals surface area contributed by atoms with Crippen LogP contribution in [0.15, 0.2) is 69.8 Å². The van der Waals surface area contributed by atoms with Gasteiger partial charge in [-0.25, -0.2) is 4.79 Å². The number of likely N-dealkylation sites (tertiary alicyclic amines) is 2. The number of amides is 5. The van der Waals surface area contributed by atoms with Gasteiger partial charge in [0.05, 0.1) is 24.3 Å². The lowest BCUT2D eigenvalue weighted by atomic mass is 10.0. The first-order valence-electron chi connectivity index (χ1n) is 18.6. The molecule has 5 amide bonds. The molecule has 4 atom stereocenters. The minimum Gasteiger partial charge on any atom is -0.480 e. The van der Waals surface area contributed by atoms with Gasteiger partial charge in [-0.15, -0.1) is 0 Å². The first-order valence-corrected chi connectivity index (χ1v) is 18.6. The SMILES string of the molecule is CC(C)C[C@H](NC(=O)[C@@H]1CCCN1C(=O)Cc1ccc(N=Nc2ccccc2)cc1)C(=O)NCC(=O)N1CCC[C@H]1C(=O)N[C@H](CCCN=C(N)N)C(=O)O. The maximum Gasteiger partial charge on any atom is 0.326 e. The van der Waals surface area contributed by atoms with Gasteiger partial charge in [-0.1, -0.05) is 44.2 Å². The molecule has 55 heavy (non-hydrogen) atoms. The van der Waals surface area contributed by atoms with Crippen LogP contribution in [0.25, 0.3) is 0 Å². The van der Waals surface area contributed by atoms with Crippen LogP contribution < -0.4 is 27.4 Å². The average molecular weight is 761 g/mol. The maximum absolute atomic E-state index is 13.6. The van der Waals surface area contributed by atoms with E-state index in [2.05, 4.69) is 31.2 Å². The second kappa shape index (κ2) is 20.5. The van der Waals surface area contributed by atoms with E-state index in [0.29, 0.717) is 44.3 Å². The van der Waals surface area contributed by atoms with Crippen molar-refractivity contribution in [2.24, 2.45) is 32.6 Å². The topological polar surface area (TPSA) is 254 Å². The van der Waals surface area contributed by atoms with Crippen LogP contribution in [-0.2, 0) is 35.2 Å². The van der Waals surface area contributed by atoms with Crippen molar-refractivity contribution in [3.63, 3.8) is 0 Å². The summed E-state index contributed by atoms with van der Waals surface area (Å²) in [6.45, 7) is 4.24. The molecular formula is C38H52N10O7. The van der Waals surface area contributed by atoms with Crippen LogP contribution >= 0.6 is 0 Å². The number of nitrogens with one attached hydrogen (secondary N) is 3. The number of azo groups is 1. The summed E-state index contributed by atoms with van der Waals surface area (Å²) in [6.07, 6.45) is 2.71. The number of carbonyl (C=O) groups excluding carboxylic acids is 5. The number of nitrogens with zero attached hydrogens (tertiary/aromatic N) is 5. The summed E-state index contributed by atoms with van der Waals surface area (Å²) in [5.74, 6) is -3.67. The molecule has 2 aromatic rings. The number of aliphatic carboxylic acids is 1. The van der Waals surface area contributed by atoms with E-state index in [1.165, 1.54) is 4.90 Å². The Morgan fingerprint density at radius 2 is 1.36 bits per heavy atom. The van der Waals surface area contributed by atoms with Gasteiger partial charge in [0.15, 0.2) is 5.96 Å². The Morgan fingerprint density at radius 3 is 1.93 bits per heavy atom. The van der Waals surface area contributed by atoms with Crippen molar-refractivity contribution >= 4 is 52.8 Å². The molecule has 2 fully saturated rings. The molecule has 0 spiro atoms. The number of benzene rings is 2. The molecule has 2 aliphatic heterocycles. The van der Waals surface area contributed by atoms with Crippen LogP contribution in [0.1, 0.15) is 64.4 Å². The fraction of sp³-hybridized carbons (Fsp3) is 0.500. The number of hydrogen-bond acceptors (Lipinski definition) is 9. The monoisotopic (exact) mass is 760 g/mol. The van der Waals surface area contributed by atoms with Gasteiger partial charge in [0.2, 0.25) is 29.5 Å². The fourth-order valence-electron chi connectivity index (χ4n) is 6.63. The fourth-order valence-corrected chi connectivity index (χ4v) is 6.63. The molecule has 296 valence electrons. The van der Waals surface area contributed by atoms with Gasteiger partial charge in [-0.2, -0.15) is 10.2 Å². The van der Waals surface area contributed by atoms with Crippen molar-refractivity contribution in [2.45, 2.75) is 89.4 Å². The van der Waals surface area contributed by atoms with E-state index in [0.717, 1.165) is 11.3 Å². The Labute approximate surface area is 320 Å². The summed E-state index contributed by atoms with van der Waals surface area (Å²) in [5.41, 5.74) is 12.7. The number of carboxylic acid groups (broad SMARTS) is 1. The second-order valence-electron chi connectivity index (χ2n) is 14.1. The van der Waals surface area contributed by atoms with Crippen LogP contribution in [0.4, 0.5) is 11.4 Å². The predicted molar refractivity (Wildman–Crippen MR) is 204 cm³/mol. The molecule has 0 radical (unpaired) electrons. The van der Waals surface area contributed by atoms with Gasteiger partial charge >= 0.3 is 5.97 Å². The van der Waals surface area contributed by atoms with Gasteiger partial charge in [-0.3, -0.25) is 29.0 Å². The van der Waals surface area contributed by atoms with Crippen LogP contribution in [0.3, 0.4) is 0 Å². The molecule has 2 aromatic carbocycles. The van der Waals surface area contributed by atoms with Crippen LogP contribution in [-0.4, -0.2) is 107 Å². The maximum atomic E-state index is 13.6. The molecule has 0 unspecified atom stereocenters. The smallest absolute Gasteiger partial charge is 0.326 e. The molecule has 0 saturated carbocycles. The highest BCUT2D eigenvalue weighted by molar-refractivity contribution is 5.95. The third-order valence-electron chi connectivity index (χ3n) is 9.39. The third kappa shape index (κ3) is 12.9. The van der Waals surface area contributed by atoms with E-state index in [-0.39, 0.29) is 50.1 Å². The van der Waals surface area contributed by atoms with Crippen LogP contribution in [0.5, 0.6) is 0 Å². The van der Waals surface area contributed by atoms with Gasteiger partial charge < -0.3 is 42.3 Å². The molecular weight excluding hydrogens is 708 g/mol. The Morgan fingerprint density at radius 1 is 0.800 bits per heavy atom. The van der Waals surface area contributed by atoms with Gasteiger partial charge in [0.1, 0.15) is 24.2 Å². The lowest BCUT2D eigenvalue weighted by molar-refractivity contribution is -0.144. The summed E-state index contributed by atoms with van der Waals surface area (Å²) >= 11 is 0. The molecule has 2 aliphatic rings.